The minimum absolute atomic E-state index is 0.0969. The van der Waals surface area contributed by atoms with Gasteiger partial charge in [-0.15, -0.1) is 5.10 Å². The number of carboxylic acid groups (broad SMARTS) is 1. The van der Waals surface area contributed by atoms with Crippen molar-refractivity contribution in [2.45, 2.75) is 6.61 Å². The molecule has 0 fully saturated rings. The first kappa shape index (κ1) is 11.8. The van der Waals surface area contributed by atoms with Crippen molar-refractivity contribution in [2.75, 3.05) is 0 Å². The first-order chi connectivity index (χ1) is 8.18. The first-order valence-electron chi connectivity index (χ1n) is 4.60. The Morgan fingerprint density at radius 2 is 2.24 bits per heavy atom. The van der Waals surface area contributed by atoms with Crippen LogP contribution in [-0.2, 0) is 6.61 Å². The van der Waals surface area contributed by atoms with Crippen LogP contribution in [0.3, 0.4) is 0 Å². The summed E-state index contributed by atoms with van der Waals surface area (Å²) in [7, 11) is 0. The van der Waals surface area contributed by atoms with E-state index in [1.165, 1.54) is 6.07 Å². The van der Waals surface area contributed by atoms with Crippen molar-refractivity contribution in [1.29, 1.82) is 0 Å². The molecule has 1 aromatic carbocycles. The molecule has 2 rings (SSSR count). The Morgan fingerprint density at radius 1 is 1.47 bits per heavy atom. The van der Waals surface area contributed by atoms with Gasteiger partial charge in [0, 0.05) is 11.5 Å². The van der Waals surface area contributed by atoms with Gasteiger partial charge in [0.05, 0.1) is 0 Å². The fourth-order valence-corrected chi connectivity index (χ4v) is 1.80. The lowest BCUT2D eigenvalue weighted by Crippen LogP contribution is -2.03. The lowest BCUT2D eigenvalue weighted by molar-refractivity contribution is 0.0691. The molecule has 0 bridgehead atoms. The van der Waals surface area contributed by atoms with E-state index in [1.807, 2.05) is 0 Å². The number of ether oxygens (including phenoxy) is 1. The summed E-state index contributed by atoms with van der Waals surface area (Å²) in [6.07, 6.45) is 0. The van der Waals surface area contributed by atoms with Crippen LogP contribution in [0.25, 0.3) is 0 Å². The number of hydrogen-bond acceptors (Lipinski definition) is 5. The highest BCUT2D eigenvalue weighted by atomic mass is 35.5. The molecule has 0 atom stereocenters. The summed E-state index contributed by atoms with van der Waals surface area (Å²) in [5, 5.41) is 12.7. The van der Waals surface area contributed by atoms with Gasteiger partial charge >= 0.3 is 5.97 Å². The number of carbonyl (C=O) groups is 1. The minimum atomic E-state index is -1.04. The van der Waals surface area contributed by atoms with Crippen LogP contribution >= 0.6 is 23.1 Å². The standard InChI is InChI=1S/C10H7ClN2O3S/c11-9-7(12-13-17-9)5-16-8-4-2-1-3-6(8)10(14)15/h1-4H,5H2,(H,14,15). The number of carboxylic acids is 1. The van der Waals surface area contributed by atoms with Crippen LogP contribution in [0.5, 0.6) is 5.75 Å². The van der Waals surface area contributed by atoms with Gasteiger partial charge in [-0.3, -0.25) is 0 Å². The molecule has 0 spiro atoms. The Bertz CT molecular complexity index is 544. The average Bonchev–Trinajstić information content (AvgIpc) is 2.72. The smallest absolute Gasteiger partial charge is 0.339 e. The van der Waals surface area contributed by atoms with Crippen molar-refractivity contribution in [3.8, 4) is 5.75 Å². The van der Waals surface area contributed by atoms with E-state index >= 15 is 0 Å². The van der Waals surface area contributed by atoms with Crippen molar-refractivity contribution in [3.63, 3.8) is 0 Å². The number of rotatable bonds is 4. The number of nitrogens with zero attached hydrogens (tertiary/aromatic N) is 2. The number of benzene rings is 1. The van der Waals surface area contributed by atoms with Crippen molar-refractivity contribution in [1.82, 2.24) is 9.59 Å². The average molecular weight is 271 g/mol. The largest absolute Gasteiger partial charge is 0.486 e. The van der Waals surface area contributed by atoms with Gasteiger partial charge in [-0.05, 0) is 12.1 Å². The van der Waals surface area contributed by atoms with Crippen LogP contribution in [0.1, 0.15) is 16.1 Å². The zero-order valence-electron chi connectivity index (χ0n) is 8.46. The minimum Gasteiger partial charge on any atom is -0.486 e. The topological polar surface area (TPSA) is 72.3 Å². The van der Waals surface area contributed by atoms with Gasteiger partial charge in [0.15, 0.2) is 0 Å². The molecule has 1 N–H and O–H groups in total. The second kappa shape index (κ2) is 5.11. The molecule has 0 saturated carbocycles. The normalized spacial score (nSPS) is 10.2. The third-order valence-electron chi connectivity index (χ3n) is 1.99. The monoisotopic (exact) mass is 270 g/mol. The van der Waals surface area contributed by atoms with Gasteiger partial charge in [0.1, 0.15) is 28.0 Å². The Hall–Kier alpha value is -1.66. The summed E-state index contributed by atoms with van der Waals surface area (Å²) < 4.78 is 9.46. The quantitative estimate of drug-likeness (QED) is 0.924. The molecule has 0 aliphatic rings. The van der Waals surface area contributed by atoms with Gasteiger partial charge in [0.25, 0.3) is 0 Å². The molecular formula is C10H7ClN2O3S. The fraction of sp³-hybridized carbons (Fsp3) is 0.100. The van der Waals surface area contributed by atoms with Crippen molar-refractivity contribution in [2.24, 2.45) is 0 Å². The molecule has 0 radical (unpaired) electrons. The van der Waals surface area contributed by atoms with E-state index in [2.05, 4.69) is 9.59 Å². The lowest BCUT2D eigenvalue weighted by atomic mass is 10.2. The Balaban J connectivity index is 2.14. The van der Waals surface area contributed by atoms with Crippen LogP contribution in [-0.4, -0.2) is 20.7 Å². The fourth-order valence-electron chi connectivity index (χ4n) is 1.20. The number of aromatic nitrogens is 2. The SMILES string of the molecule is O=C(O)c1ccccc1OCc1nnsc1Cl. The Kier molecular flexibility index (Phi) is 3.55. The van der Waals surface area contributed by atoms with Crippen LogP contribution in [0.4, 0.5) is 0 Å². The summed E-state index contributed by atoms with van der Waals surface area (Å²) in [5.41, 5.74) is 0.601. The van der Waals surface area contributed by atoms with Gasteiger partial charge in [-0.2, -0.15) is 0 Å². The molecule has 0 unspecified atom stereocenters. The molecule has 0 amide bonds. The van der Waals surface area contributed by atoms with Crippen molar-refractivity contribution < 1.29 is 14.6 Å². The van der Waals surface area contributed by atoms with Crippen LogP contribution < -0.4 is 4.74 Å². The molecule has 1 heterocycles. The molecule has 1 aromatic heterocycles. The van der Waals surface area contributed by atoms with Crippen molar-refractivity contribution >= 4 is 29.1 Å². The van der Waals surface area contributed by atoms with Gasteiger partial charge in [-0.1, -0.05) is 28.2 Å². The lowest BCUT2D eigenvalue weighted by Gasteiger charge is -2.07. The van der Waals surface area contributed by atoms with E-state index in [9.17, 15) is 4.79 Å². The Labute approximate surface area is 106 Å². The zero-order chi connectivity index (χ0) is 12.3. The molecule has 0 saturated heterocycles. The van der Waals surface area contributed by atoms with E-state index in [0.29, 0.717) is 10.0 Å². The summed E-state index contributed by atoms with van der Waals surface area (Å²) in [6, 6.07) is 6.38. The Morgan fingerprint density at radius 3 is 2.88 bits per heavy atom. The first-order valence-corrected chi connectivity index (χ1v) is 5.75. The molecule has 17 heavy (non-hydrogen) atoms. The van der Waals surface area contributed by atoms with Crippen LogP contribution in [0, 0.1) is 0 Å². The maximum absolute atomic E-state index is 10.9. The van der Waals surface area contributed by atoms with Gasteiger partial charge in [0.2, 0.25) is 0 Å². The van der Waals surface area contributed by atoms with E-state index in [1.54, 1.807) is 18.2 Å². The molecule has 0 aliphatic carbocycles. The maximum atomic E-state index is 10.9. The number of hydrogen-bond donors (Lipinski definition) is 1. The predicted octanol–water partition coefficient (Wildman–Crippen LogP) is 2.47. The molecule has 5 nitrogen and oxygen atoms in total. The number of halogens is 1. The zero-order valence-corrected chi connectivity index (χ0v) is 10.0. The summed E-state index contributed by atoms with van der Waals surface area (Å²) in [4.78, 5) is 10.9. The second-order valence-electron chi connectivity index (χ2n) is 3.08. The molecule has 0 aliphatic heterocycles. The molecular weight excluding hydrogens is 264 g/mol. The van der Waals surface area contributed by atoms with Gasteiger partial charge in [-0.25, -0.2) is 4.79 Å². The van der Waals surface area contributed by atoms with Crippen molar-refractivity contribution in [3.05, 3.63) is 39.9 Å². The third kappa shape index (κ3) is 2.72. The second-order valence-corrected chi connectivity index (χ2v) is 4.44. The highest BCUT2D eigenvalue weighted by Gasteiger charge is 2.12. The van der Waals surface area contributed by atoms with Gasteiger partial charge < -0.3 is 9.84 Å². The van der Waals surface area contributed by atoms with Crippen LogP contribution in [0.15, 0.2) is 24.3 Å². The molecule has 7 heteroatoms. The summed E-state index contributed by atoms with van der Waals surface area (Å²) in [5.74, 6) is -0.757. The summed E-state index contributed by atoms with van der Waals surface area (Å²) in [6.45, 7) is 0.0969. The predicted molar refractivity (Wildman–Crippen MR) is 62.7 cm³/mol. The molecule has 88 valence electrons. The van der Waals surface area contributed by atoms with E-state index in [-0.39, 0.29) is 17.9 Å². The van der Waals surface area contributed by atoms with E-state index in [4.69, 9.17) is 21.4 Å². The highest BCUT2D eigenvalue weighted by Crippen LogP contribution is 2.22. The number of para-hydroxylation sites is 1. The summed E-state index contributed by atoms with van der Waals surface area (Å²) >= 11 is 6.86. The third-order valence-corrected chi connectivity index (χ3v) is 2.98. The van der Waals surface area contributed by atoms with Crippen LogP contribution in [0.2, 0.25) is 4.34 Å². The maximum Gasteiger partial charge on any atom is 0.339 e. The highest BCUT2D eigenvalue weighted by molar-refractivity contribution is 7.10. The van der Waals surface area contributed by atoms with E-state index < -0.39 is 5.97 Å². The molecule has 2 aromatic rings. The van der Waals surface area contributed by atoms with E-state index in [0.717, 1.165) is 11.5 Å². The number of aromatic carboxylic acids is 1.